The van der Waals surface area contributed by atoms with Crippen molar-refractivity contribution in [1.82, 2.24) is 5.32 Å². The number of nitrogens with zero attached hydrogens (tertiary/aromatic N) is 1. The molecule has 0 aromatic heterocycles. The Morgan fingerprint density at radius 1 is 1.11 bits per heavy atom. The molecule has 1 fully saturated rings. The van der Waals surface area contributed by atoms with Gasteiger partial charge in [-0.25, -0.2) is 4.79 Å². The second-order valence-electron chi connectivity index (χ2n) is 6.51. The molecule has 1 saturated heterocycles. The van der Waals surface area contributed by atoms with Crippen LogP contribution in [0.3, 0.4) is 0 Å². The van der Waals surface area contributed by atoms with Crippen LogP contribution < -0.4 is 25.0 Å². The molecule has 3 rings (SSSR count). The third-order valence-corrected chi connectivity index (χ3v) is 4.66. The molecule has 0 unspecified atom stereocenters. The van der Waals surface area contributed by atoms with Crippen molar-refractivity contribution >= 4 is 23.3 Å². The predicted molar refractivity (Wildman–Crippen MR) is 108 cm³/mol. The molecule has 28 heavy (non-hydrogen) atoms. The molecule has 2 aromatic rings. The standard InChI is InChI=1S/C21H25N3O4/c1-27-17-8-5-15(6-9-17)11-12-22-21(26)23-16-7-10-19(28-2)18(14-16)24-13-3-4-20(24)25/h5-10,14H,3-4,11-13H2,1-2H3,(H2,22,23,26). The molecule has 0 spiro atoms. The Hall–Kier alpha value is -3.22. The third kappa shape index (κ3) is 4.73. The number of urea groups is 1. The van der Waals surface area contributed by atoms with E-state index in [1.807, 2.05) is 24.3 Å². The van der Waals surface area contributed by atoms with E-state index in [4.69, 9.17) is 9.47 Å². The van der Waals surface area contributed by atoms with Crippen LogP contribution in [0.5, 0.6) is 11.5 Å². The van der Waals surface area contributed by atoms with Gasteiger partial charge >= 0.3 is 6.03 Å². The average molecular weight is 383 g/mol. The molecule has 0 atom stereocenters. The molecule has 7 heteroatoms. The molecule has 0 radical (unpaired) electrons. The Morgan fingerprint density at radius 2 is 1.89 bits per heavy atom. The first-order chi connectivity index (χ1) is 13.6. The Kier molecular flexibility index (Phi) is 6.37. The molecule has 0 bridgehead atoms. The van der Waals surface area contributed by atoms with Gasteiger partial charge in [-0.15, -0.1) is 0 Å². The van der Waals surface area contributed by atoms with E-state index in [9.17, 15) is 9.59 Å². The van der Waals surface area contributed by atoms with Crippen molar-refractivity contribution in [3.8, 4) is 11.5 Å². The summed E-state index contributed by atoms with van der Waals surface area (Å²) >= 11 is 0. The topological polar surface area (TPSA) is 79.9 Å². The number of hydrogen-bond acceptors (Lipinski definition) is 4. The maximum atomic E-state index is 12.2. The van der Waals surface area contributed by atoms with Crippen LogP contribution in [-0.4, -0.2) is 39.2 Å². The summed E-state index contributed by atoms with van der Waals surface area (Å²) < 4.78 is 10.5. The lowest BCUT2D eigenvalue weighted by molar-refractivity contribution is -0.117. The van der Waals surface area contributed by atoms with E-state index in [0.717, 1.165) is 17.7 Å². The number of carbonyl (C=O) groups excluding carboxylic acids is 2. The number of amides is 3. The maximum Gasteiger partial charge on any atom is 0.319 e. The van der Waals surface area contributed by atoms with E-state index < -0.39 is 0 Å². The molecule has 0 saturated carbocycles. The average Bonchev–Trinajstić information content (AvgIpc) is 3.14. The minimum atomic E-state index is -0.294. The summed E-state index contributed by atoms with van der Waals surface area (Å²) in [4.78, 5) is 26.0. The maximum absolute atomic E-state index is 12.2. The predicted octanol–water partition coefficient (Wildman–Crippen LogP) is 3.19. The van der Waals surface area contributed by atoms with Gasteiger partial charge in [0.1, 0.15) is 11.5 Å². The van der Waals surface area contributed by atoms with Crippen LogP contribution in [-0.2, 0) is 11.2 Å². The largest absolute Gasteiger partial charge is 0.497 e. The molecule has 2 N–H and O–H groups in total. The summed E-state index contributed by atoms with van der Waals surface area (Å²) in [7, 11) is 3.20. The van der Waals surface area contributed by atoms with Gasteiger partial charge in [0.05, 0.1) is 19.9 Å². The Bertz CT molecular complexity index is 836. The van der Waals surface area contributed by atoms with Crippen LogP contribution in [0, 0.1) is 0 Å². The van der Waals surface area contributed by atoms with Gasteiger partial charge in [-0.2, -0.15) is 0 Å². The zero-order valence-corrected chi connectivity index (χ0v) is 16.2. The summed E-state index contributed by atoms with van der Waals surface area (Å²) in [5, 5.41) is 5.65. The highest BCUT2D eigenvalue weighted by atomic mass is 16.5. The number of nitrogens with one attached hydrogen (secondary N) is 2. The van der Waals surface area contributed by atoms with Crippen molar-refractivity contribution in [2.45, 2.75) is 19.3 Å². The number of benzene rings is 2. The highest BCUT2D eigenvalue weighted by Crippen LogP contribution is 2.33. The number of rotatable bonds is 7. The van der Waals surface area contributed by atoms with Crippen molar-refractivity contribution in [3.63, 3.8) is 0 Å². The summed E-state index contributed by atoms with van der Waals surface area (Å²) in [6.07, 6.45) is 2.08. The minimum absolute atomic E-state index is 0.0689. The number of ether oxygens (including phenoxy) is 2. The van der Waals surface area contributed by atoms with Crippen LogP contribution >= 0.6 is 0 Å². The van der Waals surface area contributed by atoms with Crippen molar-refractivity contribution in [1.29, 1.82) is 0 Å². The van der Waals surface area contributed by atoms with E-state index in [-0.39, 0.29) is 11.9 Å². The second kappa shape index (κ2) is 9.12. The fraction of sp³-hybridized carbons (Fsp3) is 0.333. The smallest absolute Gasteiger partial charge is 0.319 e. The SMILES string of the molecule is COc1ccc(CCNC(=O)Nc2ccc(OC)c(N3CCCC3=O)c2)cc1. The van der Waals surface area contributed by atoms with Crippen molar-refractivity contribution in [2.24, 2.45) is 0 Å². The second-order valence-corrected chi connectivity index (χ2v) is 6.51. The van der Waals surface area contributed by atoms with Gasteiger partial charge in [-0.3, -0.25) is 4.79 Å². The monoisotopic (exact) mass is 383 g/mol. The van der Waals surface area contributed by atoms with Gasteiger partial charge in [0.2, 0.25) is 5.91 Å². The summed E-state index contributed by atoms with van der Waals surface area (Å²) in [5.41, 5.74) is 2.40. The molecule has 2 aromatic carbocycles. The number of methoxy groups -OCH3 is 2. The van der Waals surface area contributed by atoms with Gasteiger partial charge in [-0.05, 0) is 48.7 Å². The zero-order chi connectivity index (χ0) is 19.9. The Labute approximate surface area is 164 Å². The van der Waals surface area contributed by atoms with Crippen LogP contribution in [0.1, 0.15) is 18.4 Å². The molecule has 1 heterocycles. The fourth-order valence-corrected chi connectivity index (χ4v) is 3.17. The lowest BCUT2D eigenvalue weighted by Gasteiger charge is -2.20. The normalized spacial score (nSPS) is 13.4. The van der Waals surface area contributed by atoms with Gasteiger partial charge in [0.15, 0.2) is 0 Å². The number of hydrogen-bond donors (Lipinski definition) is 2. The molecule has 7 nitrogen and oxygen atoms in total. The van der Waals surface area contributed by atoms with Gasteiger partial charge in [-0.1, -0.05) is 12.1 Å². The fourth-order valence-electron chi connectivity index (χ4n) is 3.17. The van der Waals surface area contributed by atoms with Crippen LogP contribution in [0.25, 0.3) is 0 Å². The lowest BCUT2D eigenvalue weighted by Crippen LogP contribution is -2.30. The zero-order valence-electron chi connectivity index (χ0n) is 16.2. The molecule has 1 aliphatic heterocycles. The lowest BCUT2D eigenvalue weighted by atomic mass is 10.1. The summed E-state index contributed by atoms with van der Waals surface area (Å²) in [6.45, 7) is 1.17. The Balaban J connectivity index is 1.56. The van der Waals surface area contributed by atoms with E-state index in [0.29, 0.717) is 43.1 Å². The van der Waals surface area contributed by atoms with Crippen LogP contribution in [0.15, 0.2) is 42.5 Å². The minimum Gasteiger partial charge on any atom is -0.497 e. The van der Waals surface area contributed by atoms with E-state index in [1.165, 1.54) is 0 Å². The van der Waals surface area contributed by atoms with Gasteiger partial charge < -0.3 is 25.0 Å². The molecule has 3 amide bonds. The summed E-state index contributed by atoms with van der Waals surface area (Å²) in [6, 6.07) is 12.7. The van der Waals surface area contributed by atoms with Crippen LogP contribution in [0.4, 0.5) is 16.2 Å². The first kappa shape index (κ1) is 19.5. The van der Waals surface area contributed by atoms with E-state index >= 15 is 0 Å². The quantitative estimate of drug-likeness (QED) is 0.770. The molecule has 148 valence electrons. The first-order valence-electron chi connectivity index (χ1n) is 9.27. The highest BCUT2D eigenvalue weighted by molar-refractivity contribution is 5.98. The number of carbonyl (C=O) groups is 2. The summed E-state index contributed by atoms with van der Waals surface area (Å²) in [5.74, 6) is 1.49. The Morgan fingerprint density at radius 3 is 2.54 bits per heavy atom. The third-order valence-electron chi connectivity index (χ3n) is 4.66. The van der Waals surface area contributed by atoms with Crippen LogP contribution in [0.2, 0.25) is 0 Å². The highest BCUT2D eigenvalue weighted by Gasteiger charge is 2.24. The first-order valence-corrected chi connectivity index (χ1v) is 9.27. The number of anilines is 2. The van der Waals surface area contributed by atoms with Crippen molar-refractivity contribution < 1.29 is 19.1 Å². The van der Waals surface area contributed by atoms with Crippen molar-refractivity contribution in [2.75, 3.05) is 37.5 Å². The van der Waals surface area contributed by atoms with Crippen molar-refractivity contribution in [3.05, 3.63) is 48.0 Å². The van der Waals surface area contributed by atoms with E-state index in [1.54, 1.807) is 37.3 Å². The molecule has 1 aliphatic rings. The molecular weight excluding hydrogens is 358 g/mol. The molecular formula is C21H25N3O4. The van der Waals surface area contributed by atoms with Gasteiger partial charge in [0, 0.05) is 25.2 Å². The van der Waals surface area contributed by atoms with E-state index in [2.05, 4.69) is 10.6 Å². The van der Waals surface area contributed by atoms with Gasteiger partial charge in [0.25, 0.3) is 0 Å². The molecule has 0 aliphatic carbocycles.